The lowest BCUT2D eigenvalue weighted by molar-refractivity contribution is 0.535. The van der Waals surface area contributed by atoms with Crippen molar-refractivity contribution < 1.29 is 4.42 Å². The Balaban J connectivity index is 2.31. The van der Waals surface area contributed by atoms with Gasteiger partial charge in [-0.15, -0.1) is 15.3 Å². The van der Waals surface area contributed by atoms with Gasteiger partial charge in [0.1, 0.15) is 5.76 Å². The number of rotatable bonds is 1. The molecule has 15 heavy (non-hydrogen) atoms. The lowest BCUT2D eigenvalue weighted by Gasteiger charge is -1.92. The molecule has 0 saturated carbocycles. The number of aromatic nitrogens is 4. The van der Waals surface area contributed by atoms with Gasteiger partial charge in [-0.1, -0.05) is 11.3 Å². The van der Waals surface area contributed by atoms with E-state index >= 15 is 0 Å². The Kier molecular flexibility index (Phi) is 1.57. The van der Waals surface area contributed by atoms with Gasteiger partial charge >= 0.3 is 0 Å². The van der Waals surface area contributed by atoms with Crippen LogP contribution < -0.4 is 5.73 Å². The van der Waals surface area contributed by atoms with Crippen LogP contribution in [0.4, 0.5) is 5.13 Å². The van der Waals surface area contributed by atoms with Crippen molar-refractivity contribution >= 4 is 21.4 Å². The summed E-state index contributed by atoms with van der Waals surface area (Å²) in [6, 6.07) is 1.83. The first kappa shape index (κ1) is 8.42. The lowest BCUT2D eigenvalue weighted by atomic mass is 10.2. The maximum absolute atomic E-state index is 5.59. The van der Waals surface area contributed by atoms with Gasteiger partial charge in [0.2, 0.25) is 10.1 Å². The molecule has 0 bridgehead atoms. The van der Waals surface area contributed by atoms with Crippen molar-refractivity contribution in [3.63, 3.8) is 0 Å². The molecular weight excluding hydrogens is 214 g/mol. The summed E-state index contributed by atoms with van der Waals surface area (Å²) < 4.78 is 6.83. The standard InChI is InChI=1S/C8H7N5OS/c1-4-5(2-3-14-4)6-10-11-8-13(6)12-7(9)15-8/h2-3H,1H3,(H2,9,12). The Bertz CT molecular complexity index is 622. The molecule has 3 rings (SSSR count). The van der Waals surface area contributed by atoms with Crippen molar-refractivity contribution in [1.29, 1.82) is 0 Å². The predicted molar refractivity (Wildman–Crippen MR) is 55.5 cm³/mol. The molecule has 7 heteroatoms. The molecular formula is C8H7N5OS. The number of nitrogens with zero attached hydrogens (tertiary/aromatic N) is 4. The minimum absolute atomic E-state index is 0.474. The smallest absolute Gasteiger partial charge is 0.236 e. The molecule has 0 radical (unpaired) electrons. The summed E-state index contributed by atoms with van der Waals surface area (Å²) in [6.07, 6.45) is 1.61. The van der Waals surface area contributed by atoms with Crippen molar-refractivity contribution in [3.05, 3.63) is 18.1 Å². The molecule has 0 spiro atoms. The van der Waals surface area contributed by atoms with Crippen LogP contribution in [0, 0.1) is 6.92 Å². The first-order valence-electron chi connectivity index (χ1n) is 4.28. The highest BCUT2D eigenvalue weighted by atomic mass is 32.1. The molecule has 0 fully saturated rings. The molecule has 0 saturated heterocycles. The van der Waals surface area contributed by atoms with E-state index in [0.717, 1.165) is 11.3 Å². The third-order valence-electron chi connectivity index (χ3n) is 2.11. The SMILES string of the molecule is Cc1occc1-c1nnc2sc(N)nn12. The fourth-order valence-corrected chi connectivity index (χ4v) is 2.02. The lowest BCUT2D eigenvalue weighted by Crippen LogP contribution is -1.92. The van der Waals surface area contributed by atoms with Crippen LogP contribution in [0.2, 0.25) is 0 Å². The molecule has 0 aliphatic carbocycles. The number of nitrogen functional groups attached to an aromatic ring is 1. The van der Waals surface area contributed by atoms with Crippen LogP contribution in [0.1, 0.15) is 5.76 Å². The minimum atomic E-state index is 0.474. The summed E-state index contributed by atoms with van der Waals surface area (Å²) in [6.45, 7) is 1.87. The van der Waals surface area contributed by atoms with Crippen LogP contribution in [-0.2, 0) is 0 Å². The third kappa shape index (κ3) is 1.13. The predicted octanol–water partition coefficient (Wildman–Crippen LogP) is 1.34. The number of hydrogen-bond acceptors (Lipinski definition) is 6. The van der Waals surface area contributed by atoms with Crippen LogP contribution in [-0.4, -0.2) is 19.8 Å². The molecule has 6 nitrogen and oxygen atoms in total. The van der Waals surface area contributed by atoms with E-state index in [1.165, 1.54) is 11.3 Å². The van der Waals surface area contributed by atoms with Crippen molar-refractivity contribution in [2.45, 2.75) is 6.92 Å². The fraction of sp³-hybridized carbons (Fsp3) is 0.125. The number of anilines is 1. The maximum Gasteiger partial charge on any atom is 0.236 e. The van der Waals surface area contributed by atoms with Gasteiger partial charge in [-0.2, -0.15) is 4.52 Å². The van der Waals surface area contributed by atoms with Gasteiger partial charge in [0.05, 0.1) is 11.8 Å². The normalized spacial score (nSPS) is 11.3. The van der Waals surface area contributed by atoms with E-state index in [1.54, 1.807) is 10.8 Å². The van der Waals surface area contributed by atoms with Gasteiger partial charge in [-0.3, -0.25) is 0 Å². The second-order valence-corrected chi connectivity index (χ2v) is 4.04. The van der Waals surface area contributed by atoms with E-state index in [4.69, 9.17) is 10.2 Å². The maximum atomic E-state index is 5.59. The second kappa shape index (κ2) is 2.80. The topological polar surface area (TPSA) is 82.2 Å². The first-order valence-corrected chi connectivity index (χ1v) is 5.09. The van der Waals surface area contributed by atoms with E-state index in [1.807, 2.05) is 13.0 Å². The molecule has 0 aromatic carbocycles. The largest absolute Gasteiger partial charge is 0.469 e. The van der Waals surface area contributed by atoms with Crippen LogP contribution in [0.25, 0.3) is 16.3 Å². The van der Waals surface area contributed by atoms with Gasteiger partial charge in [0, 0.05) is 0 Å². The summed E-state index contributed by atoms with van der Waals surface area (Å²) in [5.41, 5.74) is 6.47. The molecule has 3 aromatic rings. The Morgan fingerprint density at radius 1 is 1.47 bits per heavy atom. The van der Waals surface area contributed by atoms with E-state index in [-0.39, 0.29) is 0 Å². The van der Waals surface area contributed by atoms with E-state index < -0.39 is 0 Å². The molecule has 2 N–H and O–H groups in total. The highest BCUT2D eigenvalue weighted by Crippen LogP contribution is 2.25. The molecule has 3 heterocycles. The average Bonchev–Trinajstić information content (AvgIpc) is 2.81. The third-order valence-corrected chi connectivity index (χ3v) is 2.83. The van der Waals surface area contributed by atoms with E-state index in [0.29, 0.717) is 15.9 Å². The number of hydrogen-bond donors (Lipinski definition) is 1. The Labute approximate surface area is 88.3 Å². The number of nitrogens with two attached hydrogens (primary N) is 1. The number of fused-ring (bicyclic) bond motifs is 1. The second-order valence-electron chi connectivity index (χ2n) is 3.05. The molecule has 3 aromatic heterocycles. The summed E-state index contributed by atoms with van der Waals surface area (Å²) in [5, 5.41) is 12.6. The number of furan rings is 1. The average molecular weight is 221 g/mol. The highest BCUT2D eigenvalue weighted by molar-refractivity contribution is 7.20. The summed E-state index contributed by atoms with van der Waals surface area (Å²) >= 11 is 1.30. The van der Waals surface area contributed by atoms with E-state index in [9.17, 15) is 0 Å². The van der Waals surface area contributed by atoms with Gasteiger partial charge in [0.15, 0.2) is 5.82 Å². The minimum Gasteiger partial charge on any atom is -0.469 e. The van der Waals surface area contributed by atoms with Gasteiger partial charge in [-0.25, -0.2) is 0 Å². The molecule has 76 valence electrons. The highest BCUT2D eigenvalue weighted by Gasteiger charge is 2.15. The van der Waals surface area contributed by atoms with Crippen LogP contribution >= 0.6 is 11.3 Å². The molecule has 0 aliphatic rings. The molecule has 0 amide bonds. The van der Waals surface area contributed by atoms with Crippen molar-refractivity contribution in [1.82, 2.24) is 19.8 Å². The summed E-state index contributed by atoms with van der Waals surface area (Å²) in [4.78, 5) is 0.683. The quantitative estimate of drug-likeness (QED) is 0.670. The zero-order valence-corrected chi connectivity index (χ0v) is 8.65. The summed E-state index contributed by atoms with van der Waals surface area (Å²) in [7, 11) is 0. The summed E-state index contributed by atoms with van der Waals surface area (Å²) in [5.74, 6) is 1.44. The zero-order chi connectivity index (χ0) is 10.4. The van der Waals surface area contributed by atoms with Gasteiger partial charge in [-0.05, 0) is 13.0 Å². The van der Waals surface area contributed by atoms with Gasteiger partial charge < -0.3 is 10.2 Å². The zero-order valence-electron chi connectivity index (χ0n) is 7.84. The monoisotopic (exact) mass is 221 g/mol. The molecule has 0 atom stereocenters. The molecule has 0 unspecified atom stereocenters. The van der Waals surface area contributed by atoms with Crippen molar-refractivity contribution in [2.75, 3.05) is 5.73 Å². The van der Waals surface area contributed by atoms with Crippen LogP contribution in [0.3, 0.4) is 0 Å². The Hall–Kier alpha value is -1.89. The Morgan fingerprint density at radius 3 is 3.07 bits per heavy atom. The van der Waals surface area contributed by atoms with Gasteiger partial charge in [0.25, 0.3) is 0 Å². The van der Waals surface area contributed by atoms with Crippen molar-refractivity contribution in [2.24, 2.45) is 0 Å². The first-order chi connectivity index (χ1) is 7.25. The molecule has 0 aliphatic heterocycles. The van der Waals surface area contributed by atoms with E-state index in [2.05, 4.69) is 15.3 Å². The van der Waals surface area contributed by atoms with Crippen LogP contribution in [0.15, 0.2) is 16.7 Å². The van der Waals surface area contributed by atoms with Crippen molar-refractivity contribution in [3.8, 4) is 11.4 Å². The van der Waals surface area contributed by atoms with Crippen LogP contribution in [0.5, 0.6) is 0 Å². The number of aryl methyl sites for hydroxylation is 1. The Morgan fingerprint density at radius 2 is 2.33 bits per heavy atom. The fourth-order valence-electron chi connectivity index (χ4n) is 1.42.